The van der Waals surface area contributed by atoms with Crippen LogP contribution in [0.4, 0.5) is 11.5 Å². The van der Waals surface area contributed by atoms with Crippen molar-refractivity contribution in [3.63, 3.8) is 0 Å². The van der Waals surface area contributed by atoms with E-state index in [2.05, 4.69) is 10.3 Å². The first-order valence-electron chi connectivity index (χ1n) is 4.64. The molecule has 0 radical (unpaired) electrons. The quantitative estimate of drug-likeness (QED) is 0.734. The summed E-state index contributed by atoms with van der Waals surface area (Å²) in [5, 5.41) is 3.31. The fourth-order valence-electron chi connectivity index (χ4n) is 1.48. The van der Waals surface area contributed by atoms with E-state index in [4.69, 9.17) is 11.6 Å². The van der Waals surface area contributed by atoms with Gasteiger partial charge >= 0.3 is 0 Å². The molecule has 0 fully saturated rings. The first-order chi connectivity index (χ1) is 6.93. The first kappa shape index (κ1) is 10.2. The van der Waals surface area contributed by atoms with Crippen LogP contribution in [-0.2, 0) is 4.79 Å². The van der Waals surface area contributed by atoms with Crippen LogP contribution in [0.5, 0.6) is 0 Å². The number of pyridine rings is 1. The van der Waals surface area contributed by atoms with Crippen molar-refractivity contribution in [2.75, 3.05) is 17.3 Å². The van der Waals surface area contributed by atoms with Gasteiger partial charge in [-0.05, 0) is 19.9 Å². The molecule has 80 valence electrons. The molecule has 1 aromatic rings. The predicted molar refractivity (Wildman–Crippen MR) is 60.4 cm³/mol. The lowest BCUT2D eigenvalue weighted by molar-refractivity contribution is -0.120. The van der Waals surface area contributed by atoms with Crippen molar-refractivity contribution < 1.29 is 4.79 Å². The van der Waals surface area contributed by atoms with Crippen molar-refractivity contribution in [3.05, 3.63) is 17.3 Å². The predicted octanol–water partition coefficient (Wildman–Crippen LogP) is 1.90. The largest absolute Gasteiger partial charge is 0.344 e. The minimum atomic E-state index is -0.589. The molecule has 0 spiro atoms. The molecule has 1 aliphatic heterocycles. The lowest BCUT2D eigenvalue weighted by Crippen LogP contribution is -2.54. The third kappa shape index (κ3) is 1.45. The molecule has 5 heteroatoms. The Kier molecular flexibility index (Phi) is 2.12. The summed E-state index contributed by atoms with van der Waals surface area (Å²) in [6.45, 7) is 3.70. The highest BCUT2D eigenvalue weighted by atomic mass is 35.5. The second-order valence-corrected chi connectivity index (χ2v) is 4.53. The van der Waals surface area contributed by atoms with Crippen LogP contribution >= 0.6 is 11.6 Å². The van der Waals surface area contributed by atoms with E-state index < -0.39 is 5.54 Å². The maximum atomic E-state index is 11.8. The molecule has 0 atom stereocenters. The third-order valence-corrected chi connectivity index (χ3v) is 3.00. The van der Waals surface area contributed by atoms with Gasteiger partial charge in [0.2, 0.25) is 5.91 Å². The Morgan fingerprint density at radius 2 is 2.20 bits per heavy atom. The van der Waals surface area contributed by atoms with Crippen LogP contribution in [-0.4, -0.2) is 23.5 Å². The van der Waals surface area contributed by atoms with Crippen molar-refractivity contribution in [2.45, 2.75) is 19.4 Å². The van der Waals surface area contributed by atoms with Gasteiger partial charge in [0.15, 0.2) is 5.82 Å². The summed E-state index contributed by atoms with van der Waals surface area (Å²) in [6.07, 6.45) is 1.57. The van der Waals surface area contributed by atoms with Gasteiger partial charge in [-0.15, -0.1) is 0 Å². The van der Waals surface area contributed by atoms with Gasteiger partial charge in [0.25, 0.3) is 0 Å². The molecule has 1 N–H and O–H groups in total. The van der Waals surface area contributed by atoms with Crippen LogP contribution in [0.25, 0.3) is 0 Å². The number of rotatable bonds is 0. The summed E-state index contributed by atoms with van der Waals surface area (Å²) in [5.41, 5.74) is 0.0720. The van der Waals surface area contributed by atoms with Crippen molar-refractivity contribution in [1.82, 2.24) is 4.98 Å². The molecule has 0 bridgehead atoms. The number of hydrogen-bond donors (Lipinski definition) is 1. The van der Waals surface area contributed by atoms with Gasteiger partial charge in [-0.1, -0.05) is 11.6 Å². The molecule has 15 heavy (non-hydrogen) atoms. The molecule has 1 amide bonds. The number of halogens is 1. The summed E-state index contributed by atoms with van der Waals surface area (Å²) in [4.78, 5) is 17.8. The van der Waals surface area contributed by atoms with E-state index in [1.54, 1.807) is 12.3 Å². The maximum Gasteiger partial charge on any atom is 0.249 e. The Bertz CT molecular complexity index is 431. The van der Waals surface area contributed by atoms with Gasteiger partial charge in [0.05, 0.1) is 10.7 Å². The Balaban J connectivity index is 2.55. The van der Waals surface area contributed by atoms with Crippen molar-refractivity contribution in [3.8, 4) is 0 Å². The molecule has 4 nitrogen and oxygen atoms in total. The number of carbonyl (C=O) groups is 1. The van der Waals surface area contributed by atoms with Crippen LogP contribution in [0, 0.1) is 0 Å². The van der Waals surface area contributed by atoms with Crippen LogP contribution in [0.2, 0.25) is 5.02 Å². The Morgan fingerprint density at radius 3 is 2.87 bits per heavy atom. The molecule has 2 heterocycles. The number of nitrogens with one attached hydrogen (secondary N) is 1. The number of anilines is 2. The molecule has 0 saturated carbocycles. The van der Waals surface area contributed by atoms with E-state index >= 15 is 0 Å². The second kappa shape index (κ2) is 3.10. The normalized spacial score (nSPS) is 18.4. The van der Waals surface area contributed by atoms with E-state index in [1.165, 1.54) is 0 Å². The zero-order chi connectivity index (χ0) is 11.2. The van der Waals surface area contributed by atoms with E-state index in [0.29, 0.717) is 10.7 Å². The average molecular weight is 226 g/mol. The van der Waals surface area contributed by atoms with E-state index in [-0.39, 0.29) is 5.91 Å². The summed E-state index contributed by atoms with van der Waals surface area (Å²) < 4.78 is 0. The summed E-state index contributed by atoms with van der Waals surface area (Å²) in [7, 11) is 1.85. The Labute approximate surface area is 93.2 Å². The van der Waals surface area contributed by atoms with Crippen LogP contribution in [0.3, 0.4) is 0 Å². The van der Waals surface area contributed by atoms with Crippen LogP contribution < -0.4 is 10.2 Å². The van der Waals surface area contributed by atoms with Gasteiger partial charge in [0, 0.05) is 13.2 Å². The molecular formula is C10H12ClN3O. The minimum Gasteiger partial charge on any atom is -0.344 e. The zero-order valence-electron chi connectivity index (χ0n) is 8.84. The van der Waals surface area contributed by atoms with Crippen LogP contribution in [0.1, 0.15) is 13.8 Å². The lowest BCUT2D eigenvalue weighted by Gasteiger charge is -2.40. The maximum absolute atomic E-state index is 11.8. The monoisotopic (exact) mass is 225 g/mol. The zero-order valence-corrected chi connectivity index (χ0v) is 9.59. The number of likely N-dealkylation sites (N-methyl/N-ethyl adjacent to an activating group) is 1. The molecule has 0 aliphatic carbocycles. The average Bonchev–Trinajstić information content (AvgIpc) is 2.15. The summed E-state index contributed by atoms with van der Waals surface area (Å²) in [6, 6.07) is 1.70. The Morgan fingerprint density at radius 1 is 1.53 bits per heavy atom. The molecule has 0 saturated heterocycles. The van der Waals surface area contributed by atoms with Crippen molar-refractivity contribution in [1.29, 1.82) is 0 Å². The van der Waals surface area contributed by atoms with Gasteiger partial charge in [-0.25, -0.2) is 4.98 Å². The van der Waals surface area contributed by atoms with Gasteiger partial charge in [-0.2, -0.15) is 0 Å². The Hall–Kier alpha value is -1.29. The highest BCUT2D eigenvalue weighted by Crippen LogP contribution is 2.34. The third-order valence-electron chi connectivity index (χ3n) is 2.79. The van der Waals surface area contributed by atoms with E-state index in [0.717, 1.165) is 5.82 Å². The molecular weight excluding hydrogens is 214 g/mol. The number of nitrogens with zero attached hydrogens (tertiary/aromatic N) is 2. The van der Waals surface area contributed by atoms with Crippen LogP contribution in [0.15, 0.2) is 12.3 Å². The summed E-state index contributed by atoms with van der Waals surface area (Å²) in [5.74, 6) is 0.686. The number of hydrogen-bond acceptors (Lipinski definition) is 3. The SMILES string of the molecule is CN1c2ncc(Cl)cc2NC(=O)C1(C)C. The highest BCUT2D eigenvalue weighted by Gasteiger charge is 2.38. The fourth-order valence-corrected chi connectivity index (χ4v) is 1.64. The molecule has 1 aromatic heterocycles. The number of carbonyl (C=O) groups excluding carboxylic acids is 1. The van der Waals surface area contributed by atoms with Gasteiger partial charge < -0.3 is 10.2 Å². The van der Waals surface area contributed by atoms with Gasteiger partial charge in [0.1, 0.15) is 5.54 Å². The number of aromatic nitrogens is 1. The van der Waals surface area contributed by atoms with Gasteiger partial charge in [-0.3, -0.25) is 4.79 Å². The second-order valence-electron chi connectivity index (χ2n) is 4.10. The first-order valence-corrected chi connectivity index (χ1v) is 5.01. The van der Waals surface area contributed by atoms with E-state index in [1.807, 2.05) is 25.8 Å². The lowest BCUT2D eigenvalue weighted by atomic mass is 9.99. The number of amides is 1. The van der Waals surface area contributed by atoms with Crippen molar-refractivity contribution >= 4 is 29.0 Å². The standard InChI is InChI=1S/C10H12ClN3O/c1-10(2)9(15)13-7-4-6(11)5-12-8(7)14(10)3/h4-5H,1-3H3,(H,13,15). The number of fused-ring (bicyclic) bond motifs is 1. The van der Waals surface area contributed by atoms with Crippen molar-refractivity contribution in [2.24, 2.45) is 0 Å². The summed E-state index contributed by atoms with van der Waals surface area (Å²) >= 11 is 5.81. The molecule has 1 aliphatic rings. The highest BCUT2D eigenvalue weighted by molar-refractivity contribution is 6.31. The molecule has 0 aromatic carbocycles. The minimum absolute atomic E-state index is 0.0541. The molecule has 2 rings (SSSR count). The topological polar surface area (TPSA) is 45.2 Å². The smallest absolute Gasteiger partial charge is 0.249 e. The van der Waals surface area contributed by atoms with E-state index in [9.17, 15) is 4.79 Å². The fraction of sp³-hybridized carbons (Fsp3) is 0.400. The molecule has 0 unspecified atom stereocenters.